The molecule has 5 aromatic rings. The fourth-order valence-electron chi connectivity index (χ4n) is 7.16. The molecule has 51 heavy (non-hydrogen) atoms. The molecule has 3 N–H and O–H groups in total. The second-order valence-corrected chi connectivity index (χ2v) is 15.5. The predicted octanol–water partition coefficient (Wildman–Crippen LogP) is 6.86. The number of piperidine rings is 1. The number of nitrogens with zero attached hydrogens (tertiary/aromatic N) is 5. The van der Waals surface area contributed by atoms with Crippen molar-refractivity contribution in [3.63, 3.8) is 0 Å². The Hall–Kier alpha value is -4.65. The van der Waals surface area contributed by atoms with Gasteiger partial charge < -0.3 is 29.8 Å². The molecule has 1 aliphatic carbocycles. The van der Waals surface area contributed by atoms with Crippen molar-refractivity contribution in [1.82, 2.24) is 30.0 Å². The highest BCUT2D eigenvalue weighted by Gasteiger charge is 2.49. The monoisotopic (exact) mass is 725 g/mol. The average Bonchev–Trinajstić information content (AvgIpc) is 3.69. The van der Waals surface area contributed by atoms with Crippen molar-refractivity contribution in [3.05, 3.63) is 101 Å². The molecular formula is C38H40ClN7O4S. The van der Waals surface area contributed by atoms with Crippen LogP contribution < -0.4 is 15.5 Å². The molecule has 3 aromatic heterocycles. The fraction of sp³-hybridized carbons (Fsp3) is 0.342. The van der Waals surface area contributed by atoms with Crippen molar-refractivity contribution in [2.75, 3.05) is 25.0 Å². The van der Waals surface area contributed by atoms with Crippen LogP contribution in [0.1, 0.15) is 66.8 Å². The van der Waals surface area contributed by atoms with E-state index in [0.29, 0.717) is 45.9 Å². The van der Waals surface area contributed by atoms with Crippen LogP contribution in [0.25, 0.3) is 16.9 Å². The Bertz CT molecular complexity index is 2110. The van der Waals surface area contributed by atoms with E-state index in [9.17, 15) is 14.7 Å². The van der Waals surface area contributed by atoms with Crippen LogP contribution >= 0.6 is 23.4 Å². The van der Waals surface area contributed by atoms with Gasteiger partial charge in [-0.2, -0.15) is 0 Å². The predicted molar refractivity (Wildman–Crippen MR) is 197 cm³/mol. The summed E-state index contributed by atoms with van der Waals surface area (Å²) in [5.74, 6) is 0.509. The number of pyridine rings is 1. The van der Waals surface area contributed by atoms with Gasteiger partial charge in [-0.3, -0.25) is 4.79 Å². The molecule has 1 spiro atoms. The number of aromatic nitrogens is 4. The number of hydrogen-bond acceptors (Lipinski definition) is 9. The van der Waals surface area contributed by atoms with Crippen LogP contribution in [-0.4, -0.2) is 62.2 Å². The molecule has 0 bridgehead atoms. The number of benzene rings is 2. The molecule has 0 saturated carbocycles. The van der Waals surface area contributed by atoms with Gasteiger partial charge in [0.15, 0.2) is 11.5 Å². The normalized spacial score (nSPS) is 16.7. The zero-order valence-corrected chi connectivity index (χ0v) is 30.5. The Balaban J connectivity index is 1.06. The highest BCUT2D eigenvalue weighted by Crippen LogP contribution is 2.52. The van der Waals surface area contributed by atoms with E-state index >= 15 is 0 Å². The van der Waals surface area contributed by atoms with Crippen LogP contribution in [0.3, 0.4) is 0 Å². The van der Waals surface area contributed by atoms with E-state index in [1.807, 2.05) is 67.9 Å². The summed E-state index contributed by atoms with van der Waals surface area (Å²) in [6.07, 6.45) is 7.62. The number of fused-ring (bicyclic) bond motifs is 2. The molecule has 1 atom stereocenters. The van der Waals surface area contributed by atoms with Gasteiger partial charge in [-0.1, -0.05) is 59.8 Å². The fourth-order valence-corrected chi connectivity index (χ4v) is 8.28. The molecule has 13 heteroatoms. The smallest absolute Gasteiger partial charge is 0.408 e. The Kier molecular flexibility index (Phi) is 9.42. The Labute approximate surface area is 305 Å². The number of hydrogen-bond donors (Lipinski definition) is 3. The Morgan fingerprint density at radius 2 is 1.82 bits per heavy atom. The number of ether oxygens (including phenoxy) is 1. The number of imidazole rings is 1. The molecule has 1 fully saturated rings. The van der Waals surface area contributed by atoms with E-state index < -0.39 is 11.7 Å². The van der Waals surface area contributed by atoms with Gasteiger partial charge in [0, 0.05) is 54.0 Å². The zero-order chi connectivity index (χ0) is 35.9. The van der Waals surface area contributed by atoms with Crippen LogP contribution in [-0.2, 0) is 17.8 Å². The lowest BCUT2D eigenvalue weighted by Gasteiger charge is -2.44. The van der Waals surface area contributed by atoms with Gasteiger partial charge in [-0.25, -0.2) is 19.7 Å². The minimum Gasteiger partial charge on any atom is -0.444 e. The van der Waals surface area contributed by atoms with Gasteiger partial charge >= 0.3 is 6.09 Å². The molecule has 0 unspecified atom stereocenters. The van der Waals surface area contributed by atoms with Crippen LogP contribution in [0, 0.1) is 5.41 Å². The third-order valence-electron chi connectivity index (χ3n) is 9.61. The van der Waals surface area contributed by atoms with Gasteiger partial charge in [0.05, 0.1) is 29.6 Å². The highest BCUT2D eigenvalue weighted by atomic mass is 35.5. The SMILES string of the molecule is CNC(=O)c1ccc(-c2cn3ccc(Sc4cnc(N5CCC6(CC5)Cc5ccccc5[C@H]6NC(=O)OC(C)(C)C)c(CO)n4)c(Cl)c3n2)cc1. The van der Waals surface area contributed by atoms with Gasteiger partial charge in [0.1, 0.15) is 16.3 Å². The number of carbonyl (C=O) groups is 2. The lowest BCUT2D eigenvalue weighted by atomic mass is 9.72. The summed E-state index contributed by atoms with van der Waals surface area (Å²) in [4.78, 5) is 42.2. The van der Waals surface area contributed by atoms with E-state index in [2.05, 4.69) is 27.7 Å². The summed E-state index contributed by atoms with van der Waals surface area (Å²) in [6.45, 7) is 6.75. The molecule has 1 saturated heterocycles. The molecule has 2 aliphatic rings. The minimum absolute atomic E-state index is 0.149. The summed E-state index contributed by atoms with van der Waals surface area (Å²) < 4.78 is 7.51. The van der Waals surface area contributed by atoms with Crippen LogP contribution in [0.5, 0.6) is 0 Å². The summed E-state index contributed by atoms with van der Waals surface area (Å²) in [5, 5.41) is 17.3. The number of aliphatic hydroxyl groups excluding tert-OH is 1. The zero-order valence-electron chi connectivity index (χ0n) is 28.9. The summed E-state index contributed by atoms with van der Waals surface area (Å²) >= 11 is 8.23. The van der Waals surface area contributed by atoms with E-state index in [1.54, 1.807) is 25.4 Å². The van der Waals surface area contributed by atoms with Crippen molar-refractivity contribution < 1.29 is 19.4 Å². The van der Waals surface area contributed by atoms with E-state index in [-0.39, 0.29) is 24.0 Å². The van der Waals surface area contributed by atoms with Crippen molar-refractivity contribution >= 4 is 46.8 Å². The standard InChI is InChI=1S/C38H40ClN7O4S/c1-37(2,3)50-36(49)44-32-26-8-6-5-7-25(26)19-38(32)14-17-45(18-15-38)33-28(22-47)42-30(20-41-33)51-29-13-16-46-21-27(43-34(46)31(29)39)23-9-11-24(12-10-23)35(48)40-4/h5-13,16,20-21,32,47H,14-15,17-19,22H2,1-4H3,(H,40,48)(H,44,49)/t32-/m1/s1. The summed E-state index contributed by atoms with van der Waals surface area (Å²) in [5.41, 5.74) is 4.90. The largest absolute Gasteiger partial charge is 0.444 e. The maximum absolute atomic E-state index is 13.0. The molecule has 0 radical (unpaired) electrons. The van der Waals surface area contributed by atoms with Crippen molar-refractivity contribution in [2.45, 2.75) is 68.2 Å². The average molecular weight is 726 g/mol. The molecule has 1 aliphatic heterocycles. The maximum atomic E-state index is 13.0. The topological polar surface area (TPSA) is 134 Å². The summed E-state index contributed by atoms with van der Waals surface area (Å²) in [7, 11) is 1.60. The van der Waals surface area contributed by atoms with Crippen LogP contribution in [0.15, 0.2) is 83.1 Å². The number of carbonyl (C=O) groups excluding carboxylic acids is 2. The Morgan fingerprint density at radius 3 is 2.53 bits per heavy atom. The third kappa shape index (κ3) is 7.00. The van der Waals surface area contributed by atoms with E-state index in [0.717, 1.165) is 41.0 Å². The lowest BCUT2D eigenvalue weighted by Crippen LogP contribution is -2.48. The maximum Gasteiger partial charge on any atom is 0.408 e. The molecular weight excluding hydrogens is 686 g/mol. The first-order valence-corrected chi connectivity index (χ1v) is 18.1. The molecule has 7 rings (SSSR count). The first kappa shape index (κ1) is 34.8. The molecule has 11 nitrogen and oxygen atoms in total. The van der Waals surface area contributed by atoms with Crippen LogP contribution in [0.2, 0.25) is 5.02 Å². The second kappa shape index (κ2) is 13.8. The third-order valence-corrected chi connectivity index (χ3v) is 11.1. The first-order chi connectivity index (χ1) is 24.5. The number of anilines is 1. The van der Waals surface area contributed by atoms with Gasteiger partial charge in [-0.05, 0) is 69.4 Å². The summed E-state index contributed by atoms with van der Waals surface area (Å²) in [6, 6.07) is 17.3. The lowest BCUT2D eigenvalue weighted by molar-refractivity contribution is 0.0427. The number of nitrogens with one attached hydrogen (secondary N) is 2. The number of alkyl carbamates (subject to hydrolysis) is 1. The van der Waals surface area contributed by atoms with Gasteiger partial charge in [0.2, 0.25) is 0 Å². The highest BCUT2D eigenvalue weighted by molar-refractivity contribution is 7.99. The number of aliphatic hydroxyl groups is 1. The van der Waals surface area contributed by atoms with Crippen LogP contribution in [0.4, 0.5) is 10.6 Å². The van der Waals surface area contributed by atoms with E-state index in [4.69, 9.17) is 31.3 Å². The van der Waals surface area contributed by atoms with Crippen molar-refractivity contribution in [1.29, 1.82) is 0 Å². The van der Waals surface area contributed by atoms with Crippen molar-refractivity contribution in [2.24, 2.45) is 5.41 Å². The van der Waals surface area contributed by atoms with Gasteiger partial charge in [-0.15, -0.1) is 0 Å². The first-order valence-electron chi connectivity index (χ1n) is 16.9. The van der Waals surface area contributed by atoms with Gasteiger partial charge in [0.25, 0.3) is 5.91 Å². The Morgan fingerprint density at radius 1 is 1.08 bits per heavy atom. The van der Waals surface area contributed by atoms with Crippen molar-refractivity contribution in [3.8, 4) is 11.3 Å². The number of rotatable bonds is 7. The minimum atomic E-state index is -0.590. The van der Waals surface area contributed by atoms with E-state index in [1.165, 1.54) is 17.3 Å². The molecule has 2 amide bonds. The quantitative estimate of drug-likeness (QED) is 0.165. The molecule has 2 aromatic carbocycles. The second-order valence-electron chi connectivity index (χ2n) is 14.1. The molecule has 4 heterocycles. The molecule has 264 valence electrons. The number of halogens is 1. The number of amides is 2.